The fourth-order valence-corrected chi connectivity index (χ4v) is 1.87. The van der Waals surface area contributed by atoms with E-state index in [1.807, 2.05) is 20.8 Å². The van der Waals surface area contributed by atoms with Gasteiger partial charge in [-0.05, 0) is 32.6 Å². The van der Waals surface area contributed by atoms with Crippen molar-refractivity contribution in [3.05, 3.63) is 0 Å². The lowest BCUT2D eigenvalue weighted by molar-refractivity contribution is -0.129. The van der Waals surface area contributed by atoms with E-state index in [0.717, 1.165) is 6.42 Å². The number of ketones is 1. The minimum Gasteiger partial charge on any atom is -0.303 e. The molecule has 0 aromatic heterocycles. The summed E-state index contributed by atoms with van der Waals surface area (Å²) < 4.78 is 0. The van der Waals surface area contributed by atoms with Crippen LogP contribution in [0.4, 0.5) is 0 Å². The highest BCUT2D eigenvalue weighted by molar-refractivity contribution is 5.88. The molecule has 0 aliphatic heterocycles. The predicted molar refractivity (Wildman–Crippen MR) is 75.2 cm³/mol. The Bertz CT molecular complexity index is 244. The van der Waals surface area contributed by atoms with Crippen molar-refractivity contribution in [3.8, 4) is 0 Å². The van der Waals surface area contributed by atoms with Crippen LogP contribution >= 0.6 is 0 Å². The highest BCUT2D eigenvalue weighted by Crippen LogP contribution is 2.27. The summed E-state index contributed by atoms with van der Waals surface area (Å²) in [6.45, 7) is 18.9. The molecule has 1 N–H and O–H groups in total. The van der Waals surface area contributed by atoms with Crippen LogP contribution < -0.4 is 5.32 Å². The van der Waals surface area contributed by atoms with Gasteiger partial charge < -0.3 is 5.32 Å². The van der Waals surface area contributed by atoms with E-state index >= 15 is 0 Å². The quantitative estimate of drug-likeness (QED) is 0.814. The summed E-state index contributed by atoms with van der Waals surface area (Å²) >= 11 is 0. The first-order valence-corrected chi connectivity index (χ1v) is 6.54. The lowest BCUT2D eigenvalue weighted by Gasteiger charge is -2.35. The van der Waals surface area contributed by atoms with Gasteiger partial charge in [-0.2, -0.15) is 0 Å². The van der Waals surface area contributed by atoms with Crippen molar-refractivity contribution in [2.45, 2.75) is 80.3 Å². The van der Waals surface area contributed by atoms with Gasteiger partial charge in [0.25, 0.3) is 0 Å². The third kappa shape index (κ3) is 7.54. The number of carbonyl (C=O) groups is 1. The standard InChI is InChI=1S/C15H31NO/c1-13(2,3)10-11(16-15(7,8)9)12(17)14(4,5)6/h11,16H,10H2,1-9H3/t11-/m0/s1. The summed E-state index contributed by atoms with van der Waals surface area (Å²) in [7, 11) is 0. The van der Waals surface area contributed by atoms with Crippen LogP contribution in [0.15, 0.2) is 0 Å². The average Bonchev–Trinajstić information content (AvgIpc) is 1.94. The average molecular weight is 241 g/mol. The van der Waals surface area contributed by atoms with E-state index in [9.17, 15) is 4.79 Å². The lowest BCUT2D eigenvalue weighted by atomic mass is 9.79. The van der Waals surface area contributed by atoms with Gasteiger partial charge >= 0.3 is 0 Å². The highest BCUT2D eigenvalue weighted by Gasteiger charge is 2.34. The Kier molecular flexibility index (Phi) is 4.98. The Morgan fingerprint density at radius 2 is 1.35 bits per heavy atom. The van der Waals surface area contributed by atoms with Gasteiger partial charge in [0, 0.05) is 11.0 Å². The topological polar surface area (TPSA) is 29.1 Å². The molecule has 0 aromatic carbocycles. The Morgan fingerprint density at radius 3 is 1.59 bits per heavy atom. The first-order valence-electron chi connectivity index (χ1n) is 6.54. The largest absolute Gasteiger partial charge is 0.303 e. The van der Waals surface area contributed by atoms with E-state index in [0.29, 0.717) is 5.78 Å². The molecular weight excluding hydrogens is 210 g/mol. The molecule has 102 valence electrons. The summed E-state index contributed by atoms with van der Waals surface area (Å²) in [5, 5.41) is 3.47. The summed E-state index contributed by atoms with van der Waals surface area (Å²) in [6.07, 6.45) is 0.875. The molecular formula is C15H31NO. The summed E-state index contributed by atoms with van der Waals surface area (Å²) in [5.41, 5.74) is -0.158. The molecule has 0 heterocycles. The van der Waals surface area contributed by atoms with Crippen LogP contribution in [0.25, 0.3) is 0 Å². The zero-order valence-electron chi connectivity index (χ0n) is 13.2. The number of Topliss-reactive ketones (excluding diaryl/α,β-unsaturated/α-hetero) is 1. The number of rotatable bonds is 3. The Labute approximate surface area is 108 Å². The minimum atomic E-state index is -0.284. The number of carbonyl (C=O) groups excluding carboxylic acids is 1. The first kappa shape index (κ1) is 16.6. The predicted octanol–water partition coefficient (Wildman–Crippen LogP) is 3.79. The second-order valence-corrected chi connectivity index (χ2v) is 8.33. The number of hydrogen-bond acceptors (Lipinski definition) is 2. The summed E-state index contributed by atoms with van der Waals surface area (Å²) in [5.74, 6) is 0.308. The zero-order chi connectivity index (χ0) is 14.1. The van der Waals surface area contributed by atoms with Gasteiger partial charge in [0.15, 0.2) is 5.78 Å². The molecule has 0 bridgehead atoms. The Morgan fingerprint density at radius 1 is 0.941 bits per heavy atom. The second kappa shape index (κ2) is 5.09. The van der Waals surface area contributed by atoms with Gasteiger partial charge in [0.1, 0.15) is 0 Å². The molecule has 0 unspecified atom stereocenters. The van der Waals surface area contributed by atoms with E-state index < -0.39 is 0 Å². The van der Waals surface area contributed by atoms with Crippen molar-refractivity contribution < 1.29 is 4.79 Å². The first-order chi connectivity index (χ1) is 7.22. The van der Waals surface area contributed by atoms with Crippen LogP contribution in [0.2, 0.25) is 0 Å². The maximum Gasteiger partial charge on any atom is 0.155 e. The number of hydrogen-bond donors (Lipinski definition) is 1. The number of nitrogens with one attached hydrogen (secondary N) is 1. The van der Waals surface area contributed by atoms with E-state index in [2.05, 4.69) is 46.9 Å². The van der Waals surface area contributed by atoms with E-state index in [1.165, 1.54) is 0 Å². The molecule has 0 fully saturated rings. The van der Waals surface area contributed by atoms with Crippen molar-refractivity contribution in [2.24, 2.45) is 10.8 Å². The van der Waals surface area contributed by atoms with Crippen molar-refractivity contribution in [3.63, 3.8) is 0 Å². The maximum atomic E-state index is 12.5. The van der Waals surface area contributed by atoms with Crippen LogP contribution in [0.1, 0.15) is 68.7 Å². The van der Waals surface area contributed by atoms with Gasteiger partial charge in [-0.1, -0.05) is 41.5 Å². The fraction of sp³-hybridized carbons (Fsp3) is 0.933. The van der Waals surface area contributed by atoms with Crippen LogP contribution in [-0.2, 0) is 4.79 Å². The van der Waals surface area contributed by atoms with E-state index in [4.69, 9.17) is 0 Å². The van der Waals surface area contributed by atoms with Gasteiger partial charge in [0.2, 0.25) is 0 Å². The van der Waals surface area contributed by atoms with E-state index in [1.54, 1.807) is 0 Å². The zero-order valence-corrected chi connectivity index (χ0v) is 13.2. The smallest absolute Gasteiger partial charge is 0.155 e. The third-order valence-electron chi connectivity index (χ3n) is 2.48. The molecule has 17 heavy (non-hydrogen) atoms. The summed E-state index contributed by atoms with van der Waals surface area (Å²) in [4.78, 5) is 12.5. The molecule has 0 rings (SSSR count). The van der Waals surface area contributed by atoms with Crippen LogP contribution in [0.3, 0.4) is 0 Å². The van der Waals surface area contributed by atoms with Crippen LogP contribution in [0.5, 0.6) is 0 Å². The van der Waals surface area contributed by atoms with E-state index in [-0.39, 0.29) is 22.4 Å². The minimum absolute atomic E-state index is 0.0309. The van der Waals surface area contributed by atoms with Gasteiger partial charge in [-0.3, -0.25) is 4.79 Å². The van der Waals surface area contributed by atoms with Crippen molar-refractivity contribution in [1.29, 1.82) is 0 Å². The monoisotopic (exact) mass is 241 g/mol. The molecule has 0 aromatic rings. The highest BCUT2D eigenvalue weighted by atomic mass is 16.1. The van der Waals surface area contributed by atoms with Gasteiger partial charge in [-0.15, -0.1) is 0 Å². The maximum absolute atomic E-state index is 12.5. The van der Waals surface area contributed by atoms with Crippen LogP contribution in [0, 0.1) is 10.8 Å². The molecule has 0 spiro atoms. The third-order valence-corrected chi connectivity index (χ3v) is 2.48. The SMILES string of the molecule is CC(C)(C)C[C@H](NC(C)(C)C)C(=O)C(C)(C)C. The molecule has 0 saturated heterocycles. The molecule has 0 amide bonds. The van der Waals surface area contributed by atoms with Gasteiger partial charge in [-0.25, -0.2) is 0 Å². The Hall–Kier alpha value is -0.370. The fourth-order valence-electron chi connectivity index (χ4n) is 1.87. The van der Waals surface area contributed by atoms with Crippen molar-refractivity contribution in [1.82, 2.24) is 5.32 Å². The second-order valence-electron chi connectivity index (χ2n) is 8.33. The molecule has 1 atom stereocenters. The molecule has 2 nitrogen and oxygen atoms in total. The van der Waals surface area contributed by atoms with Gasteiger partial charge in [0.05, 0.1) is 6.04 Å². The summed E-state index contributed by atoms with van der Waals surface area (Å²) in [6, 6.07) is -0.0602. The molecule has 0 saturated carbocycles. The lowest BCUT2D eigenvalue weighted by Crippen LogP contribution is -2.52. The molecule has 0 aliphatic carbocycles. The van der Waals surface area contributed by atoms with Crippen LogP contribution in [-0.4, -0.2) is 17.4 Å². The van der Waals surface area contributed by atoms with Crippen molar-refractivity contribution >= 4 is 5.78 Å². The molecule has 0 aliphatic rings. The molecule has 2 heteroatoms. The Balaban J connectivity index is 4.94. The normalized spacial score (nSPS) is 15.8. The molecule has 0 radical (unpaired) electrons. The van der Waals surface area contributed by atoms with Crippen molar-refractivity contribution in [2.75, 3.05) is 0 Å².